The summed E-state index contributed by atoms with van der Waals surface area (Å²) in [6, 6.07) is 1.32. The molecule has 0 aliphatic heterocycles. The molecular formula is C14H10Br3F3N4O3. The van der Waals surface area contributed by atoms with Gasteiger partial charge in [0.2, 0.25) is 5.91 Å². The second-order valence-corrected chi connectivity index (χ2v) is 7.90. The molecule has 0 saturated carbocycles. The summed E-state index contributed by atoms with van der Waals surface area (Å²) >= 11 is 9.11. The van der Waals surface area contributed by atoms with Gasteiger partial charge in [0, 0.05) is 21.1 Å². The third kappa shape index (κ3) is 4.51. The van der Waals surface area contributed by atoms with Crippen molar-refractivity contribution in [2.75, 3.05) is 5.32 Å². The summed E-state index contributed by atoms with van der Waals surface area (Å²) < 4.78 is 40.1. The summed E-state index contributed by atoms with van der Waals surface area (Å²) in [7, 11) is 0. The second kappa shape index (κ2) is 7.87. The molecule has 0 radical (unpaired) electrons. The van der Waals surface area contributed by atoms with Gasteiger partial charge in [0.15, 0.2) is 5.69 Å². The normalized spacial score (nSPS) is 12.7. The van der Waals surface area contributed by atoms with E-state index in [1.165, 1.54) is 26.0 Å². The Morgan fingerprint density at radius 2 is 1.81 bits per heavy atom. The minimum Gasteiger partial charge on any atom is -0.322 e. The molecule has 1 heterocycles. The Labute approximate surface area is 175 Å². The van der Waals surface area contributed by atoms with Crippen LogP contribution in [0.15, 0.2) is 25.6 Å². The van der Waals surface area contributed by atoms with E-state index in [1.54, 1.807) is 0 Å². The smallest absolute Gasteiger partial charge is 0.322 e. The third-order valence-electron chi connectivity index (χ3n) is 3.58. The number of anilines is 1. The zero-order valence-electron chi connectivity index (χ0n) is 13.6. The van der Waals surface area contributed by atoms with Gasteiger partial charge in [0.05, 0.1) is 20.8 Å². The molecule has 1 atom stereocenters. The first-order chi connectivity index (χ1) is 12.3. The van der Waals surface area contributed by atoms with E-state index in [0.717, 1.165) is 4.68 Å². The summed E-state index contributed by atoms with van der Waals surface area (Å²) in [6.07, 6.45) is -4.67. The fourth-order valence-corrected chi connectivity index (χ4v) is 4.03. The molecule has 1 amide bonds. The van der Waals surface area contributed by atoms with Gasteiger partial charge in [-0.1, -0.05) is 0 Å². The van der Waals surface area contributed by atoms with Crippen LogP contribution in [0.4, 0.5) is 24.5 Å². The number of nitrogens with zero attached hydrogens (tertiary/aromatic N) is 3. The molecule has 0 spiro atoms. The van der Waals surface area contributed by atoms with Gasteiger partial charge in [-0.15, -0.1) is 0 Å². The van der Waals surface area contributed by atoms with Crippen LogP contribution in [0.25, 0.3) is 0 Å². The van der Waals surface area contributed by atoms with Crippen molar-refractivity contribution < 1.29 is 22.9 Å². The zero-order chi connectivity index (χ0) is 20.7. The lowest BCUT2D eigenvalue weighted by Crippen LogP contribution is -2.26. The summed E-state index contributed by atoms with van der Waals surface area (Å²) in [5.41, 5.74) is -0.997. The number of benzene rings is 1. The average molecular weight is 579 g/mol. The van der Waals surface area contributed by atoms with Gasteiger partial charge in [-0.25, -0.2) is 0 Å². The number of amides is 1. The number of hydrogen-bond acceptors (Lipinski definition) is 4. The van der Waals surface area contributed by atoms with Gasteiger partial charge >= 0.3 is 6.18 Å². The molecule has 0 fully saturated rings. The highest BCUT2D eigenvalue weighted by atomic mass is 79.9. The van der Waals surface area contributed by atoms with E-state index < -0.39 is 28.7 Å². The number of halogens is 6. The number of nitrogens with one attached hydrogen (secondary N) is 1. The highest BCUT2D eigenvalue weighted by Gasteiger charge is 2.39. The van der Waals surface area contributed by atoms with E-state index in [4.69, 9.17) is 0 Å². The molecule has 13 heteroatoms. The summed E-state index contributed by atoms with van der Waals surface area (Å²) in [5, 5.41) is 16.9. The van der Waals surface area contributed by atoms with Crippen LogP contribution >= 0.6 is 47.8 Å². The molecule has 1 aromatic heterocycles. The van der Waals surface area contributed by atoms with Gasteiger partial charge in [0.25, 0.3) is 5.69 Å². The van der Waals surface area contributed by atoms with Crippen molar-refractivity contribution >= 4 is 65.1 Å². The Balaban J connectivity index is 2.34. The molecule has 27 heavy (non-hydrogen) atoms. The number of rotatable bonds is 4. The van der Waals surface area contributed by atoms with Crippen LogP contribution in [0, 0.1) is 17.0 Å². The number of aromatic nitrogens is 2. The van der Waals surface area contributed by atoms with E-state index in [-0.39, 0.29) is 30.5 Å². The Morgan fingerprint density at radius 1 is 1.30 bits per heavy atom. The minimum atomic E-state index is -4.67. The minimum absolute atomic E-state index is 0.131. The van der Waals surface area contributed by atoms with Gasteiger partial charge < -0.3 is 5.32 Å². The van der Waals surface area contributed by atoms with Crippen LogP contribution in [0.3, 0.4) is 0 Å². The second-order valence-electron chi connectivity index (χ2n) is 5.40. The van der Waals surface area contributed by atoms with E-state index in [2.05, 4.69) is 58.2 Å². The number of carbonyl (C=O) groups is 1. The summed E-state index contributed by atoms with van der Waals surface area (Å²) in [5.74, 6) is -0.655. The molecule has 7 nitrogen and oxygen atoms in total. The monoisotopic (exact) mass is 576 g/mol. The number of non-ortho nitro benzene ring substituents is 1. The van der Waals surface area contributed by atoms with Gasteiger partial charge in [-0.2, -0.15) is 18.3 Å². The van der Waals surface area contributed by atoms with E-state index >= 15 is 0 Å². The molecule has 0 bridgehead atoms. The van der Waals surface area contributed by atoms with Crippen LogP contribution in [-0.4, -0.2) is 20.6 Å². The maximum atomic E-state index is 13.0. The predicted molar refractivity (Wildman–Crippen MR) is 102 cm³/mol. The summed E-state index contributed by atoms with van der Waals surface area (Å²) in [6.45, 7) is 2.78. The van der Waals surface area contributed by atoms with Crippen LogP contribution in [-0.2, 0) is 11.0 Å². The maximum absolute atomic E-state index is 13.0. The van der Waals surface area contributed by atoms with Crippen molar-refractivity contribution in [2.45, 2.75) is 26.1 Å². The number of hydrogen-bond donors (Lipinski definition) is 1. The molecule has 0 saturated heterocycles. The molecular weight excluding hydrogens is 569 g/mol. The van der Waals surface area contributed by atoms with Gasteiger partial charge in [-0.3, -0.25) is 19.6 Å². The van der Waals surface area contributed by atoms with Crippen molar-refractivity contribution in [3.05, 3.63) is 47.1 Å². The third-order valence-corrected chi connectivity index (χ3v) is 5.78. The van der Waals surface area contributed by atoms with Crippen molar-refractivity contribution in [3.8, 4) is 0 Å². The first-order valence-corrected chi connectivity index (χ1v) is 9.48. The Hall–Kier alpha value is -1.47. The van der Waals surface area contributed by atoms with Crippen LogP contribution in [0.5, 0.6) is 0 Å². The Bertz CT molecular complexity index is 907. The first-order valence-electron chi connectivity index (χ1n) is 7.10. The maximum Gasteiger partial charge on any atom is 0.436 e. The highest BCUT2D eigenvalue weighted by Crippen LogP contribution is 2.38. The molecule has 146 valence electrons. The number of alkyl halides is 3. The van der Waals surface area contributed by atoms with Crippen LogP contribution in [0.2, 0.25) is 0 Å². The van der Waals surface area contributed by atoms with Crippen LogP contribution in [0.1, 0.15) is 24.4 Å². The fourth-order valence-electron chi connectivity index (χ4n) is 2.18. The van der Waals surface area contributed by atoms with Crippen molar-refractivity contribution in [1.29, 1.82) is 0 Å². The lowest BCUT2D eigenvalue weighted by molar-refractivity contribution is -0.385. The molecule has 1 unspecified atom stereocenters. The molecule has 1 aromatic carbocycles. The van der Waals surface area contributed by atoms with Crippen molar-refractivity contribution in [1.82, 2.24) is 9.78 Å². The molecule has 2 rings (SSSR count). The lowest BCUT2D eigenvalue weighted by Gasteiger charge is -2.16. The van der Waals surface area contributed by atoms with Gasteiger partial charge in [0.1, 0.15) is 6.04 Å². The molecule has 1 N–H and O–H groups in total. The zero-order valence-corrected chi connectivity index (χ0v) is 18.3. The molecule has 2 aromatic rings. The number of nitro benzene ring substituents is 1. The Kier molecular flexibility index (Phi) is 6.37. The average Bonchev–Trinajstić information content (AvgIpc) is 2.85. The van der Waals surface area contributed by atoms with E-state index in [0.29, 0.717) is 0 Å². The predicted octanol–water partition coefficient (Wildman–Crippen LogP) is 5.61. The van der Waals surface area contributed by atoms with Crippen molar-refractivity contribution in [2.24, 2.45) is 0 Å². The van der Waals surface area contributed by atoms with Gasteiger partial charge in [-0.05, 0) is 61.6 Å². The number of nitro groups is 1. The van der Waals surface area contributed by atoms with E-state index in [1.807, 2.05) is 0 Å². The van der Waals surface area contributed by atoms with Crippen LogP contribution < -0.4 is 5.32 Å². The van der Waals surface area contributed by atoms with E-state index in [9.17, 15) is 28.1 Å². The lowest BCUT2D eigenvalue weighted by atomic mass is 10.2. The van der Waals surface area contributed by atoms with Crippen molar-refractivity contribution in [3.63, 3.8) is 0 Å². The Morgan fingerprint density at radius 3 is 2.22 bits per heavy atom. The molecule has 0 aliphatic rings. The first kappa shape index (κ1) is 21.8. The number of carbonyl (C=O) groups excluding carboxylic acids is 1. The quantitative estimate of drug-likeness (QED) is 0.377. The fraction of sp³-hybridized carbons (Fsp3) is 0.286. The standard InChI is InChI=1S/C14H10Br3F3N4O3/c1-5-10(17)12(14(18,19)20)22-23(5)6(2)13(25)21-11-8(15)3-7(24(26)27)4-9(11)16/h3-4,6H,1-2H3,(H,21,25). The highest BCUT2D eigenvalue weighted by molar-refractivity contribution is 9.11. The summed E-state index contributed by atoms with van der Waals surface area (Å²) in [4.78, 5) is 22.8. The SMILES string of the molecule is Cc1c(Br)c(C(F)(F)F)nn1C(C)C(=O)Nc1c(Br)cc([N+](=O)[O-])cc1Br. The molecule has 0 aliphatic carbocycles. The topological polar surface area (TPSA) is 90.1 Å². The largest absolute Gasteiger partial charge is 0.436 e.